The van der Waals surface area contributed by atoms with Crippen LogP contribution in [-0.2, 0) is 27.9 Å². The lowest BCUT2D eigenvalue weighted by atomic mass is 9.85. The lowest BCUT2D eigenvalue weighted by molar-refractivity contribution is -0.220. The zero-order valence-corrected chi connectivity index (χ0v) is 37.7. The van der Waals surface area contributed by atoms with Crippen molar-refractivity contribution in [2.75, 3.05) is 19.8 Å². The number of esters is 1. The van der Waals surface area contributed by atoms with E-state index in [0.29, 0.717) is 13.0 Å². The summed E-state index contributed by atoms with van der Waals surface area (Å²) in [6.45, 7) is 4.21. The number of unbranched alkanes of at least 4 members (excludes halogenated alkanes) is 21. The molecular formula is C46H85O12P. The molecule has 0 aromatic rings. The quantitative estimate of drug-likeness (QED) is 0.0149. The maximum absolute atomic E-state index is 12.8. The summed E-state index contributed by atoms with van der Waals surface area (Å²) in [4.78, 5) is 23.2. The predicted molar refractivity (Wildman–Crippen MR) is 235 cm³/mol. The van der Waals surface area contributed by atoms with Crippen molar-refractivity contribution < 1.29 is 58.3 Å². The van der Waals surface area contributed by atoms with Gasteiger partial charge in [0.2, 0.25) is 0 Å². The molecule has 1 saturated carbocycles. The third-order valence-corrected chi connectivity index (χ3v) is 11.7. The van der Waals surface area contributed by atoms with Crippen LogP contribution in [0.4, 0.5) is 0 Å². The Morgan fingerprint density at radius 3 is 1.47 bits per heavy atom. The van der Waals surface area contributed by atoms with Crippen LogP contribution in [0.2, 0.25) is 0 Å². The van der Waals surface area contributed by atoms with Crippen molar-refractivity contribution in [3.63, 3.8) is 0 Å². The molecule has 1 rings (SSSR count). The van der Waals surface area contributed by atoms with Gasteiger partial charge in [0.1, 0.15) is 42.7 Å². The molecule has 6 atom stereocenters. The highest BCUT2D eigenvalue weighted by Gasteiger charge is 2.51. The highest BCUT2D eigenvalue weighted by atomic mass is 31.2. The number of aliphatic hydroxyl groups is 5. The Hall–Kier alpha value is -1.44. The maximum Gasteiger partial charge on any atom is 0.472 e. The minimum absolute atomic E-state index is 0.0834. The molecule has 0 saturated heterocycles. The highest BCUT2D eigenvalue weighted by Crippen LogP contribution is 2.47. The van der Waals surface area contributed by atoms with E-state index in [2.05, 4.69) is 50.3 Å². The SMILES string of the molecule is CCCCC/C=C\C/C=C\CCCCCCCCCC(=O)OC(COCCCCCCCC/C=C\CCCCCCC)COP(=O)(O)OC1C(O)C(O)C(O)C(O)C1O. The van der Waals surface area contributed by atoms with Crippen molar-refractivity contribution in [2.24, 2.45) is 0 Å². The van der Waals surface area contributed by atoms with E-state index in [0.717, 1.165) is 70.6 Å². The van der Waals surface area contributed by atoms with Crippen LogP contribution in [0.15, 0.2) is 36.5 Å². The van der Waals surface area contributed by atoms with Gasteiger partial charge >= 0.3 is 13.8 Å². The smallest absolute Gasteiger partial charge is 0.457 e. The van der Waals surface area contributed by atoms with Gasteiger partial charge in [-0.3, -0.25) is 13.8 Å². The summed E-state index contributed by atoms with van der Waals surface area (Å²) >= 11 is 0. The number of phosphoric acid groups is 1. The van der Waals surface area contributed by atoms with Crippen LogP contribution in [-0.4, -0.2) is 98.9 Å². The molecule has 0 aromatic carbocycles. The average molecular weight is 861 g/mol. The first-order valence-corrected chi connectivity index (χ1v) is 24.8. The summed E-state index contributed by atoms with van der Waals surface area (Å²) in [5.74, 6) is -0.487. The Balaban J connectivity index is 2.40. The second-order valence-corrected chi connectivity index (χ2v) is 17.7. The van der Waals surface area contributed by atoms with E-state index >= 15 is 0 Å². The molecule has 0 amide bonds. The van der Waals surface area contributed by atoms with Gasteiger partial charge < -0.3 is 39.9 Å². The fourth-order valence-electron chi connectivity index (χ4n) is 6.97. The minimum atomic E-state index is -5.02. The molecule has 12 nitrogen and oxygen atoms in total. The predicted octanol–water partition coefficient (Wildman–Crippen LogP) is 9.48. The molecule has 0 aliphatic heterocycles. The molecule has 346 valence electrons. The van der Waals surface area contributed by atoms with Crippen molar-refractivity contribution in [1.29, 1.82) is 0 Å². The molecule has 1 aliphatic rings. The van der Waals surface area contributed by atoms with Gasteiger partial charge in [-0.05, 0) is 70.6 Å². The number of allylic oxidation sites excluding steroid dienone is 6. The minimum Gasteiger partial charge on any atom is -0.457 e. The van der Waals surface area contributed by atoms with Gasteiger partial charge in [0.15, 0.2) is 0 Å². The Morgan fingerprint density at radius 2 is 0.949 bits per heavy atom. The zero-order chi connectivity index (χ0) is 43.4. The van der Waals surface area contributed by atoms with Crippen molar-refractivity contribution >= 4 is 13.8 Å². The average Bonchev–Trinajstić information content (AvgIpc) is 3.22. The van der Waals surface area contributed by atoms with Crippen molar-refractivity contribution in [1.82, 2.24) is 0 Å². The van der Waals surface area contributed by atoms with Gasteiger partial charge in [0, 0.05) is 13.0 Å². The second-order valence-electron chi connectivity index (χ2n) is 16.2. The number of aliphatic hydroxyl groups excluding tert-OH is 5. The highest BCUT2D eigenvalue weighted by molar-refractivity contribution is 7.47. The lowest BCUT2D eigenvalue weighted by Crippen LogP contribution is -2.64. The number of rotatable bonds is 39. The number of phosphoric ester groups is 1. The normalized spacial score (nSPS) is 22.8. The third-order valence-electron chi connectivity index (χ3n) is 10.7. The summed E-state index contributed by atoms with van der Waals surface area (Å²) in [5.41, 5.74) is 0. The summed E-state index contributed by atoms with van der Waals surface area (Å²) in [7, 11) is -5.02. The summed E-state index contributed by atoms with van der Waals surface area (Å²) in [6.07, 6.45) is 30.6. The first kappa shape index (κ1) is 55.6. The molecular weight excluding hydrogens is 775 g/mol. The fraction of sp³-hybridized carbons (Fsp3) is 0.848. The number of ether oxygens (including phenoxy) is 2. The van der Waals surface area contributed by atoms with E-state index in [1.807, 2.05) is 0 Å². The summed E-state index contributed by atoms with van der Waals surface area (Å²) < 4.78 is 34.2. The Morgan fingerprint density at radius 1 is 0.542 bits per heavy atom. The second kappa shape index (κ2) is 37.1. The Bertz CT molecular complexity index is 1120. The molecule has 0 spiro atoms. The molecule has 0 heterocycles. The number of carbonyl (C=O) groups excluding carboxylic acids is 1. The zero-order valence-electron chi connectivity index (χ0n) is 36.8. The van der Waals surface area contributed by atoms with Crippen LogP contribution >= 0.6 is 7.82 Å². The van der Waals surface area contributed by atoms with E-state index in [1.54, 1.807) is 0 Å². The number of hydrogen-bond donors (Lipinski definition) is 6. The van der Waals surface area contributed by atoms with Gasteiger partial charge in [-0.2, -0.15) is 0 Å². The molecule has 59 heavy (non-hydrogen) atoms. The van der Waals surface area contributed by atoms with Crippen molar-refractivity contribution in [2.45, 2.75) is 230 Å². The van der Waals surface area contributed by atoms with Crippen molar-refractivity contribution in [3.8, 4) is 0 Å². The van der Waals surface area contributed by atoms with E-state index in [9.17, 15) is 39.8 Å². The van der Waals surface area contributed by atoms with E-state index < -0.39 is 63.1 Å². The van der Waals surface area contributed by atoms with Crippen LogP contribution in [0.3, 0.4) is 0 Å². The number of hydrogen-bond acceptors (Lipinski definition) is 11. The van der Waals surface area contributed by atoms with E-state index in [1.165, 1.54) is 89.9 Å². The number of carbonyl (C=O) groups is 1. The monoisotopic (exact) mass is 861 g/mol. The first-order valence-electron chi connectivity index (χ1n) is 23.3. The van der Waals surface area contributed by atoms with Gasteiger partial charge in [0.25, 0.3) is 0 Å². The third kappa shape index (κ3) is 29.5. The largest absolute Gasteiger partial charge is 0.472 e. The van der Waals surface area contributed by atoms with Gasteiger partial charge in [0.05, 0.1) is 13.2 Å². The molecule has 0 radical (unpaired) electrons. The maximum atomic E-state index is 12.8. The molecule has 0 bridgehead atoms. The van der Waals surface area contributed by atoms with Gasteiger partial charge in [-0.1, -0.05) is 147 Å². The Kier molecular flexibility index (Phi) is 35.0. The fourth-order valence-corrected chi connectivity index (χ4v) is 7.94. The molecule has 6 unspecified atom stereocenters. The first-order chi connectivity index (χ1) is 28.5. The van der Waals surface area contributed by atoms with Crippen molar-refractivity contribution in [3.05, 3.63) is 36.5 Å². The summed E-state index contributed by atoms with van der Waals surface area (Å²) in [5, 5.41) is 50.2. The van der Waals surface area contributed by atoms with Crippen LogP contribution in [0.1, 0.15) is 187 Å². The molecule has 1 aliphatic carbocycles. The van der Waals surface area contributed by atoms with Crippen LogP contribution < -0.4 is 0 Å². The van der Waals surface area contributed by atoms with E-state index in [-0.39, 0.29) is 13.0 Å². The van der Waals surface area contributed by atoms with Crippen LogP contribution in [0.5, 0.6) is 0 Å². The van der Waals surface area contributed by atoms with E-state index in [4.69, 9.17) is 18.5 Å². The lowest BCUT2D eigenvalue weighted by Gasteiger charge is -2.41. The van der Waals surface area contributed by atoms with Crippen LogP contribution in [0, 0.1) is 0 Å². The molecule has 6 N–H and O–H groups in total. The standard InChI is InChI=1S/C46H85O12P/c1-3-5-7-9-11-13-15-17-19-20-21-23-25-27-29-31-33-35-40(47)57-39(38-56-59(53,54)58-46-44(51)42(49)41(48)43(50)45(46)52)37-55-36-34-32-30-28-26-24-22-18-16-14-12-10-8-6-4-2/h11,13,16-19,39,41-46,48-52H,3-10,12,14-15,20-38H2,1-2H3,(H,53,54)/b13-11-,18-16-,19-17-. The summed E-state index contributed by atoms with van der Waals surface area (Å²) in [6, 6.07) is 0. The van der Waals surface area contributed by atoms with Gasteiger partial charge in [-0.15, -0.1) is 0 Å². The molecule has 1 fully saturated rings. The molecule has 0 aromatic heterocycles. The van der Waals surface area contributed by atoms with Gasteiger partial charge in [-0.25, -0.2) is 4.57 Å². The molecule has 13 heteroatoms. The topological polar surface area (TPSA) is 192 Å². The van der Waals surface area contributed by atoms with Crippen LogP contribution in [0.25, 0.3) is 0 Å². The Labute approximate surface area is 357 Å².